The molecule has 0 aliphatic carbocycles. The lowest BCUT2D eigenvalue weighted by Crippen LogP contribution is -2.23. The smallest absolute Gasteiger partial charge is 0.304 e. The molecule has 0 fully saturated rings. The van der Waals surface area contributed by atoms with E-state index in [-0.39, 0.29) is 12.0 Å². The van der Waals surface area contributed by atoms with Gasteiger partial charge < -0.3 is 5.11 Å². The van der Waals surface area contributed by atoms with E-state index in [2.05, 4.69) is 0 Å². The van der Waals surface area contributed by atoms with Crippen molar-refractivity contribution >= 4 is 5.97 Å². The van der Waals surface area contributed by atoms with Gasteiger partial charge in [-0.25, -0.2) is 8.78 Å². The maximum absolute atomic E-state index is 12.9. The zero-order valence-corrected chi connectivity index (χ0v) is 10.1. The van der Waals surface area contributed by atoms with Crippen molar-refractivity contribution in [3.05, 3.63) is 34.9 Å². The quantitative estimate of drug-likeness (QED) is 0.874. The second-order valence-electron chi connectivity index (χ2n) is 4.85. The minimum atomic E-state index is -2.58. The van der Waals surface area contributed by atoms with Crippen LogP contribution in [0.25, 0.3) is 0 Å². The van der Waals surface area contributed by atoms with Crippen molar-refractivity contribution in [2.45, 2.75) is 39.0 Å². The van der Waals surface area contributed by atoms with Gasteiger partial charge in [-0.15, -0.1) is 0 Å². The molecule has 17 heavy (non-hydrogen) atoms. The van der Waals surface area contributed by atoms with Crippen LogP contribution < -0.4 is 0 Å². The fourth-order valence-electron chi connectivity index (χ4n) is 1.92. The number of aliphatic carboxylic acids is 1. The average Bonchev–Trinajstić information content (AvgIpc) is 2.14. The second-order valence-corrected chi connectivity index (χ2v) is 4.85. The molecule has 1 aromatic carbocycles. The Bertz CT molecular complexity index is 425. The Kier molecular flexibility index (Phi) is 3.86. The van der Waals surface area contributed by atoms with Gasteiger partial charge in [0, 0.05) is 11.0 Å². The summed E-state index contributed by atoms with van der Waals surface area (Å²) in [5.74, 6) is -0.989. The van der Waals surface area contributed by atoms with E-state index in [9.17, 15) is 13.6 Å². The van der Waals surface area contributed by atoms with Gasteiger partial charge in [0.2, 0.25) is 0 Å². The lowest BCUT2D eigenvalue weighted by Gasteiger charge is -2.26. The molecule has 0 aliphatic rings. The van der Waals surface area contributed by atoms with Gasteiger partial charge in [0.05, 0.1) is 6.42 Å². The molecule has 0 saturated heterocycles. The summed E-state index contributed by atoms with van der Waals surface area (Å²) in [6, 6.07) is 4.63. The molecule has 0 spiro atoms. The molecule has 1 aromatic rings. The van der Waals surface area contributed by atoms with Crippen LogP contribution in [0.1, 0.15) is 43.4 Å². The monoisotopic (exact) mass is 242 g/mol. The first kappa shape index (κ1) is 13.6. The standard InChI is InChI=1S/C13H16F2O2/c1-8-4-5-9(12(14)15)10(6-8)13(2,3)7-11(16)17/h4-6,12H,7H2,1-3H3,(H,16,17). The summed E-state index contributed by atoms with van der Waals surface area (Å²) in [5.41, 5.74) is 0.378. The summed E-state index contributed by atoms with van der Waals surface area (Å²) in [5, 5.41) is 8.82. The van der Waals surface area contributed by atoms with Gasteiger partial charge in [-0.3, -0.25) is 4.79 Å². The van der Waals surface area contributed by atoms with Crippen LogP contribution in [-0.2, 0) is 10.2 Å². The molecule has 2 nitrogen and oxygen atoms in total. The number of carbonyl (C=O) groups is 1. The molecule has 1 N–H and O–H groups in total. The van der Waals surface area contributed by atoms with E-state index in [1.54, 1.807) is 32.9 Å². The predicted molar refractivity (Wildman–Crippen MR) is 61.4 cm³/mol. The number of halogens is 2. The number of alkyl halides is 2. The van der Waals surface area contributed by atoms with E-state index in [0.29, 0.717) is 5.56 Å². The summed E-state index contributed by atoms with van der Waals surface area (Å²) in [4.78, 5) is 10.8. The summed E-state index contributed by atoms with van der Waals surface area (Å²) in [7, 11) is 0. The van der Waals surface area contributed by atoms with Crippen molar-refractivity contribution in [2.75, 3.05) is 0 Å². The van der Waals surface area contributed by atoms with Gasteiger partial charge >= 0.3 is 5.97 Å². The van der Waals surface area contributed by atoms with E-state index >= 15 is 0 Å². The van der Waals surface area contributed by atoms with Gasteiger partial charge in [0.1, 0.15) is 0 Å². The number of hydrogen-bond acceptors (Lipinski definition) is 1. The maximum Gasteiger partial charge on any atom is 0.304 e. The second kappa shape index (κ2) is 4.82. The van der Waals surface area contributed by atoms with Gasteiger partial charge in [-0.2, -0.15) is 0 Å². The van der Waals surface area contributed by atoms with Crippen LogP contribution in [-0.4, -0.2) is 11.1 Å². The van der Waals surface area contributed by atoms with E-state index in [0.717, 1.165) is 5.56 Å². The third kappa shape index (κ3) is 3.25. The number of benzene rings is 1. The van der Waals surface area contributed by atoms with Crippen LogP contribution in [0.15, 0.2) is 18.2 Å². The first-order valence-corrected chi connectivity index (χ1v) is 5.35. The predicted octanol–water partition coefficient (Wildman–Crippen LogP) is 3.68. The molecule has 1 rings (SSSR count). The van der Waals surface area contributed by atoms with Crippen molar-refractivity contribution in [2.24, 2.45) is 0 Å². The van der Waals surface area contributed by atoms with Crippen molar-refractivity contribution < 1.29 is 18.7 Å². The highest BCUT2D eigenvalue weighted by Gasteiger charge is 2.29. The molecule has 0 aromatic heterocycles. The maximum atomic E-state index is 12.9. The van der Waals surface area contributed by atoms with E-state index in [1.807, 2.05) is 0 Å². The summed E-state index contributed by atoms with van der Waals surface area (Å²) in [6.45, 7) is 5.14. The molecular formula is C13H16F2O2. The molecule has 0 atom stereocenters. The first-order chi connectivity index (χ1) is 7.74. The minimum Gasteiger partial charge on any atom is -0.481 e. The molecule has 0 aliphatic heterocycles. The lowest BCUT2D eigenvalue weighted by atomic mass is 9.78. The van der Waals surface area contributed by atoms with Crippen LogP contribution in [0.4, 0.5) is 8.78 Å². The van der Waals surface area contributed by atoms with Crippen molar-refractivity contribution in [1.82, 2.24) is 0 Å². The van der Waals surface area contributed by atoms with Crippen LogP contribution in [0.5, 0.6) is 0 Å². The van der Waals surface area contributed by atoms with Crippen LogP contribution in [0.3, 0.4) is 0 Å². The number of hydrogen-bond donors (Lipinski definition) is 1. The topological polar surface area (TPSA) is 37.3 Å². The molecule has 0 heterocycles. The van der Waals surface area contributed by atoms with E-state index in [4.69, 9.17) is 5.11 Å². The molecule has 0 amide bonds. The van der Waals surface area contributed by atoms with E-state index < -0.39 is 17.8 Å². The first-order valence-electron chi connectivity index (χ1n) is 5.35. The Morgan fingerprint density at radius 2 is 2.00 bits per heavy atom. The minimum absolute atomic E-state index is 0.0816. The lowest BCUT2D eigenvalue weighted by molar-refractivity contribution is -0.138. The number of carboxylic acid groups (broad SMARTS) is 1. The zero-order chi connectivity index (χ0) is 13.2. The van der Waals surface area contributed by atoms with Gasteiger partial charge in [-0.1, -0.05) is 37.6 Å². The Morgan fingerprint density at radius 1 is 1.41 bits per heavy atom. The number of aryl methyl sites for hydroxylation is 1. The molecule has 0 radical (unpaired) electrons. The SMILES string of the molecule is Cc1ccc(C(F)F)c(C(C)(C)CC(=O)O)c1. The molecule has 0 unspecified atom stereocenters. The van der Waals surface area contributed by atoms with Gasteiger partial charge in [0.25, 0.3) is 6.43 Å². The average molecular weight is 242 g/mol. The van der Waals surface area contributed by atoms with Gasteiger partial charge in [0.15, 0.2) is 0 Å². The van der Waals surface area contributed by atoms with Gasteiger partial charge in [-0.05, 0) is 12.5 Å². The highest BCUT2D eigenvalue weighted by molar-refractivity contribution is 5.69. The highest BCUT2D eigenvalue weighted by Crippen LogP contribution is 2.35. The third-order valence-corrected chi connectivity index (χ3v) is 2.77. The Labute approximate surface area is 99.3 Å². The molecule has 4 heteroatoms. The van der Waals surface area contributed by atoms with Crippen molar-refractivity contribution in [3.63, 3.8) is 0 Å². The zero-order valence-electron chi connectivity index (χ0n) is 10.1. The number of rotatable bonds is 4. The summed E-state index contributed by atoms with van der Waals surface area (Å²) in [6.07, 6.45) is -2.76. The largest absolute Gasteiger partial charge is 0.481 e. The molecular weight excluding hydrogens is 226 g/mol. The summed E-state index contributed by atoms with van der Waals surface area (Å²) < 4.78 is 25.8. The fraction of sp³-hybridized carbons (Fsp3) is 0.462. The van der Waals surface area contributed by atoms with Crippen molar-refractivity contribution in [3.8, 4) is 0 Å². The van der Waals surface area contributed by atoms with E-state index in [1.165, 1.54) is 6.07 Å². The Hall–Kier alpha value is -1.45. The fourth-order valence-corrected chi connectivity index (χ4v) is 1.92. The third-order valence-electron chi connectivity index (χ3n) is 2.77. The van der Waals surface area contributed by atoms with Crippen molar-refractivity contribution in [1.29, 1.82) is 0 Å². The summed E-state index contributed by atoms with van der Waals surface area (Å²) >= 11 is 0. The highest BCUT2D eigenvalue weighted by atomic mass is 19.3. The molecule has 94 valence electrons. The normalized spacial score (nSPS) is 11.9. The Balaban J connectivity index is 3.27. The molecule has 0 saturated carbocycles. The Morgan fingerprint density at radius 3 is 2.47 bits per heavy atom. The molecule has 0 bridgehead atoms. The van der Waals surface area contributed by atoms with Crippen LogP contribution in [0.2, 0.25) is 0 Å². The van der Waals surface area contributed by atoms with Crippen LogP contribution >= 0.6 is 0 Å². The van der Waals surface area contributed by atoms with Crippen LogP contribution in [0, 0.1) is 6.92 Å². The number of carboxylic acids is 1.